The zero-order valence-electron chi connectivity index (χ0n) is 15.1. The van der Waals surface area contributed by atoms with Crippen LogP contribution in [0.3, 0.4) is 0 Å². The van der Waals surface area contributed by atoms with Crippen LogP contribution in [0.25, 0.3) is 21.6 Å². The van der Waals surface area contributed by atoms with Gasteiger partial charge in [-0.15, -0.1) is 0 Å². The van der Waals surface area contributed by atoms with E-state index in [-0.39, 0.29) is 0 Å². The maximum absolute atomic E-state index is 8.22. The minimum Gasteiger partial charge on any atom is -0.225 e. The lowest BCUT2D eigenvalue weighted by Gasteiger charge is -2.11. The Labute approximate surface area is 137 Å². The second-order valence-corrected chi connectivity index (χ2v) is 7.27. The number of pyridine rings is 1. The molecule has 2 heterocycles. The first-order valence-electron chi connectivity index (χ1n) is 8.07. The molecule has 0 unspecified atom stereocenters. The number of fused-ring (bicyclic) bond motifs is 1. The van der Waals surface area contributed by atoms with Gasteiger partial charge in [0.05, 0.1) is 7.05 Å². The van der Waals surface area contributed by atoms with Gasteiger partial charge < -0.3 is 0 Å². The highest BCUT2D eigenvalue weighted by Gasteiger charge is 2.21. The van der Waals surface area contributed by atoms with Crippen LogP contribution in [0.15, 0.2) is 24.3 Å². The van der Waals surface area contributed by atoms with Gasteiger partial charge in [-0.2, -0.15) is 0 Å². The Morgan fingerprint density at radius 2 is 1.91 bits per heavy atom. The van der Waals surface area contributed by atoms with Crippen LogP contribution in [0.1, 0.15) is 42.8 Å². The molecular formula is C19H23N2S+. The average molecular weight is 312 g/mol. The predicted octanol–water partition coefficient (Wildman–Crippen LogP) is 4.84. The zero-order chi connectivity index (χ0) is 16.9. The largest absolute Gasteiger partial charge is 0.342 e. The van der Waals surface area contributed by atoms with E-state index >= 15 is 0 Å². The van der Waals surface area contributed by atoms with Crippen LogP contribution in [-0.4, -0.2) is 4.98 Å². The van der Waals surface area contributed by atoms with E-state index in [2.05, 4.69) is 56.7 Å². The summed E-state index contributed by atoms with van der Waals surface area (Å²) in [5.41, 5.74) is 7.28. The molecule has 0 fully saturated rings. The van der Waals surface area contributed by atoms with Crippen LogP contribution in [-0.2, 0) is 7.05 Å². The normalized spacial score (nSPS) is 12.7. The number of aromatic nitrogens is 2. The standard InChI is InChI=1S/C19H23N2S/c1-11(2)19-20-18-17(22-19)8-7-16(21(18)6)15-10-12(3)9-13(4)14(15)5/h7-11H,1-6H3/q+1/i11D. The molecule has 0 atom stereocenters. The highest BCUT2D eigenvalue weighted by Crippen LogP contribution is 2.29. The van der Waals surface area contributed by atoms with E-state index in [0.717, 1.165) is 15.4 Å². The summed E-state index contributed by atoms with van der Waals surface area (Å²) in [4.78, 5) is 4.74. The van der Waals surface area contributed by atoms with Gasteiger partial charge in [-0.1, -0.05) is 36.8 Å². The van der Waals surface area contributed by atoms with E-state index < -0.39 is 5.89 Å². The van der Waals surface area contributed by atoms with Crippen LogP contribution < -0.4 is 4.57 Å². The molecule has 0 saturated carbocycles. The second kappa shape index (κ2) is 5.47. The summed E-state index contributed by atoms with van der Waals surface area (Å²) < 4.78 is 11.5. The summed E-state index contributed by atoms with van der Waals surface area (Å²) in [6.45, 7) is 10.2. The fraction of sp³-hybridized carbons (Fsp3) is 0.368. The van der Waals surface area contributed by atoms with Gasteiger partial charge in [0.1, 0.15) is 10.4 Å². The Hall–Kier alpha value is -1.74. The molecule has 114 valence electrons. The Balaban J connectivity index is 2.26. The fourth-order valence-corrected chi connectivity index (χ4v) is 3.80. The molecule has 0 aliphatic rings. The fourth-order valence-electron chi connectivity index (χ4n) is 2.84. The third kappa shape index (κ3) is 2.44. The smallest absolute Gasteiger partial charge is 0.225 e. The minimum absolute atomic E-state index is 0.660. The highest BCUT2D eigenvalue weighted by molar-refractivity contribution is 7.18. The van der Waals surface area contributed by atoms with Crippen LogP contribution in [0.5, 0.6) is 0 Å². The molecule has 3 heteroatoms. The lowest BCUT2D eigenvalue weighted by molar-refractivity contribution is -0.635. The molecule has 0 spiro atoms. The Morgan fingerprint density at radius 1 is 1.18 bits per heavy atom. The Kier molecular flexibility index (Phi) is 3.45. The SMILES string of the molecule is [2H]C(C)(C)c1nc2c(ccc(-c3cc(C)cc(C)c3C)[n+]2C)s1. The van der Waals surface area contributed by atoms with Crippen LogP contribution in [0.2, 0.25) is 0 Å². The van der Waals surface area contributed by atoms with Crippen molar-refractivity contribution in [1.29, 1.82) is 0 Å². The maximum atomic E-state index is 8.22. The number of thiazole rings is 1. The van der Waals surface area contributed by atoms with Crippen LogP contribution >= 0.6 is 11.3 Å². The van der Waals surface area contributed by atoms with E-state index in [0.29, 0.717) is 0 Å². The molecule has 3 aromatic rings. The third-order valence-corrected chi connectivity index (χ3v) is 5.45. The molecule has 0 bridgehead atoms. The molecule has 22 heavy (non-hydrogen) atoms. The van der Waals surface area contributed by atoms with Gasteiger partial charge in [0.2, 0.25) is 5.01 Å². The molecule has 0 amide bonds. The quantitative estimate of drug-likeness (QED) is 0.619. The van der Waals surface area contributed by atoms with Gasteiger partial charge in [-0.3, -0.25) is 0 Å². The van der Waals surface area contributed by atoms with Crippen LogP contribution in [0.4, 0.5) is 0 Å². The molecule has 0 N–H and O–H groups in total. The van der Waals surface area contributed by atoms with E-state index in [9.17, 15) is 0 Å². The summed E-state index contributed by atoms with van der Waals surface area (Å²) in [6, 6.07) is 8.77. The third-order valence-electron chi connectivity index (χ3n) is 4.22. The molecule has 0 aliphatic heterocycles. The predicted molar refractivity (Wildman–Crippen MR) is 94.5 cm³/mol. The summed E-state index contributed by atoms with van der Waals surface area (Å²) in [5.74, 6) is -0.660. The summed E-state index contributed by atoms with van der Waals surface area (Å²) in [6.07, 6.45) is 0. The van der Waals surface area contributed by atoms with Gasteiger partial charge in [0.15, 0.2) is 0 Å². The Bertz CT molecular complexity index is 904. The van der Waals surface area contributed by atoms with Gasteiger partial charge in [-0.05, 0) is 55.1 Å². The number of aryl methyl sites for hydroxylation is 3. The van der Waals surface area contributed by atoms with Crippen molar-refractivity contribution in [2.75, 3.05) is 0 Å². The molecule has 2 aromatic heterocycles. The molecule has 2 nitrogen and oxygen atoms in total. The van der Waals surface area contributed by atoms with E-state index in [1.165, 1.54) is 27.9 Å². The van der Waals surface area contributed by atoms with Crippen molar-refractivity contribution in [2.24, 2.45) is 7.05 Å². The maximum Gasteiger partial charge on any atom is 0.342 e. The van der Waals surface area contributed by atoms with Crippen molar-refractivity contribution < 1.29 is 5.94 Å². The summed E-state index contributed by atoms with van der Waals surface area (Å²) >= 11 is 1.61. The number of rotatable bonds is 2. The second-order valence-electron chi connectivity index (χ2n) is 6.24. The number of hydrogen-bond donors (Lipinski definition) is 0. The number of nitrogens with zero attached hydrogens (tertiary/aromatic N) is 2. The first kappa shape index (κ1) is 13.9. The first-order chi connectivity index (χ1) is 10.7. The highest BCUT2D eigenvalue weighted by atomic mass is 32.1. The molecule has 3 rings (SSSR count). The van der Waals surface area contributed by atoms with Gasteiger partial charge in [-0.25, -0.2) is 4.57 Å². The van der Waals surface area contributed by atoms with E-state index in [1.807, 2.05) is 13.8 Å². The van der Waals surface area contributed by atoms with Crippen molar-refractivity contribution in [2.45, 2.75) is 40.5 Å². The molecule has 0 saturated heterocycles. The van der Waals surface area contributed by atoms with Gasteiger partial charge in [0.25, 0.3) is 0 Å². The van der Waals surface area contributed by atoms with Gasteiger partial charge >= 0.3 is 5.65 Å². The van der Waals surface area contributed by atoms with Crippen molar-refractivity contribution in [3.8, 4) is 11.3 Å². The molecule has 0 aliphatic carbocycles. The number of hydrogen-bond acceptors (Lipinski definition) is 2. The van der Waals surface area contributed by atoms with Crippen LogP contribution in [0, 0.1) is 20.8 Å². The summed E-state index contributed by atoms with van der Waals surface area (Å²) in [7, 11) is 2.06. The molecule has 1 aromatic carbocycles. The Morgan fingerprint density at radius 3 is 2.59 bits per heavy atom. The van der Waals surface area contributed by atoms with E-state index in [4.69, 9.17) is 6.35 Å². The molecule has 0 radical (unpaired) electrons. The first-order valence-corrected chi connectivity index (χ1v) is 8.38. The number of benzene rings is 1. The van der Waals surface area contributed by atoms with Gasteiger partial charge in [0, 0.05) is 12.8 Å². The van der Waals surface area contributed by atoms with E-state index in [1.54, 1.807) is 11.3 Å². The van der Waals surface area contributed by atoms with Crippen molar-refractivity contribution in [1.82, 2.24) is 4.98 Å². The zero-order valence-corrected chi connectivity index (χ0v) is 14.9. The molecular weight excluding hydrogens is 288 g/mol. The lowest BCUT2D eigenvalue weighted by atomic mass is 9.97. The summed E-state index contributed by atoms with van der Waals surface area (Å²) in [5, 5.41) is 0.859. The minimum atomic E-state index is -0.660. The van der Waals surface area contributed by atoms with Crippen molar-refractivity contribution in [3.63, 3.8) is 0 Å². The van der Waals surface area contributed by atoms with Crippen molar-refractivity contribution in [3.05, 3.63) is 46.0 Å². The monoisotopic (exact) mass is 312 g/mol. The average Bonchev–Trinajstić information content (AvgIpc) is 2.89. The lowest BCUT2D eigenvalue weighted by Crippen LogP contribution is -2.32. The topological polar surface area (TPSA) is 16.8 Å². The van der Waals surface area contributed by atoms with Crippen molar-refractivity contribution >= 4 is 21.7 Å².